The van der Waals surface area contributed by atoms with Crippen molar-refractivity contribution in [2.45, 2.75) is 51.5 Å². The van der Waals surface area contributed by atoms with Crippen LogP contribution in [-0.4, -0.2) is 5.16 Å². The first-order chi connectivity index (χ1) is 9.79. The smallest absolute Gasteiger partial charge is 0.171 e. The lowest BCUT2D eigenvalue weighted by Gasteiger charge is -2.22. The van der Waals surface area contributed by atoms with Crippen molar-refractivity contribution in [3.63, 3.8) is 0 Å². The van der Waals surface area contributed by atoms with E-state index < -0.39 is 0 Å². The predicted molar refractivity (Wildman–Crippen MR) is 80.4 cm³/mol. The molecule has 1 fully saturated rings. The lowest BCUT2D eigenvalue weighted by molar-refractivity contribution is 0.426. The van der Waals surface area contributed by atoms with Crippen LogP contribution in [0.2, 0.25) is 0 Å². The molecule has 0 bridgehead atoms. The van der Waals surface area contributed by atoms with Gasteiger partial charge in [0, 0.05) is 17.7 Å². The van der Waals surface area contributed by atoms with Crippen molar-refractivity contribution >= 4 is 0 Å². The summed E-state index contributed by atoms with van der Waals surface area (Å²) in [6.45, 7) is 2.40. The van der Waals surface area contributed by atoms with Crippen molar-refractivity contribution in [1.82, 2.24) is 5.16 Å². The van der Waals surface area contributed by atoms with Crippen molar-refractivity contribution < 1.29 is 4.52 Å². The molecule has 0 amide bonds. The van der Waals surface area contributed by atoms with Crippen LogP contribution in [0.25, 0.3) is 11.3 Å². The van der Waals surface area contributed by atoms with Gasteiger partial charge in [0.05, 0.1) is 5.69 Å². The van der Waals surface area contributed by atoms with E-state index in [1.54, 1.807) is 0 Å². The monoisotopic (exact) mass is 270 g/mol. The molecule has 0 aliphatic heterocycles. The summed E-state index contributed by atoms with van der Waals surface area (Å²) in [6, 6.07) is 8.76. The summed E-state index contributed by atoms with van der Waals surface area (Å²) < 4.78 is 5.43. The molecule has 2 N–H and O–H groups in total. The quantitative estimate of drug-likeness (QED) is 0.911. The predicted octanol–water partition coefficient (Wildman–Crippen LogP) is 4.16. The summed E-state index contributed by atoms with van der Waals surface area (Å²) in [6.07, 6.45) is 6.78. The zero-order valence-corrected chi connectivity index (χ0v) is 12.1. The zero-order chi connectivity index (χ0) is 13.9. The van der Waals surface area contributed by atoms with Gasteiger partial charge >= 0.3 is 0 Å². The molecular formula is C17H22N2O. The first kappa shape index (κ1) is 13.4. The molecule has 20 heavy (non-hydrogen) atoms. The van der Waals surface area contributed by atoms with E-state index in [4.69, 9.17) is 10.3 Å². The summed E-state index contributed by atoms with van der Waals surface area (Å²) >= 11 is 0. The Kier molecular flexibility index (Phi) is 3.88. The molecule has 1 aliphatic carbocycles. The number of benzene rings is 1. The molecule has 1 heterocycles. The van der Waals surface area contributed by atoms with Crippen LogP contribution in [-0.2, 0) is 6.54 Å². The van der Waals surface area contributed by atoms with Crippen LogP contribution in [0.1, 0.15) is 54.8 Å². The van der Waals surface area contributed by atoms with Crippen LogP contribution in [0.4, 0.5) is 0 Å². The second-order valence-corrected chi connectivity index (χ2v) is 5.74. The third-order valence-corrected chi connectivity index (χ3v) is 4.44. The lowest BCUT2D eigenvalue weighted by atomic mass is 9.84. The molecule has 0 spiro atoms. The largest absolute Gasteiger partial charge is 0.356 e. The summed E-state index contributed by atoms with van der Waals surface area (Å²) in [5, 5.41) is 4.02. The fourth-order valence-electron chi connectivity index (χ4n) is 3.20. The van der Waals surface area contributed by atoms with Crippen molar-refractivity contribution in [2.24, 2.45) is 5.73 Å². The van der Waals surface area contributed by atoms with Gasteiger partial charge in [-0.05, 0) is 31.2 Å². The van der Waals surface area contributed by atoms with Crippen LogP contribution in [0.3, 0.4) is 0 Å². The lowest BCUT2D eigenvalue weighted by Crippen LogP contribution is -2.04. The molecule has 0 unspecified atom stereocenters. The Bertz CT molecular complexity index is 565. The minimum absolute atomic E-state index is 0.467. The van der Waals surface area contributed by atoms with Crippen molar-refractivity contribution in [2.75, 3.05) is 0 Å². The van der Waals surface area contributed by atoms with Crippen molar-refractivity contribution in [3.05, 3.63) is 41.1 Å². The Morgan fingerprint density at radius 1 is 1.15 bits per heavy atom. The molecule has 3 rings (SSSR count). The van der Waals surface area contributed by atoms with E-state index in [0.717, 1.165) is 28.5 Å². The highest BCUT2D eigenvalue weighted by molar-refractivity contribution is 5.62. The van der Waals surface area contributed by atoms with Gasteiger partial charge in [0.2, 0.25) is 0 Å². The molecule has 0 atom stereocenters. The minimum Gasteiger partial charge on any atom is -0.356 e. The van der Waals surface area contributed by atoms with Crippen LogP contribution >= 0.6 is 0 Å². The summed E-state index contributed by atoms with van der Waals surface area (Å²) in [7, 11) is 0. The molecule has 1 saturated carbocycles. The maximum Gasteiger partial charge on any atom is 0.171 e. The highest BCUT2D eigenvalue weighted by Gasteiger charge is 2.17. The Morgan fingerprint density at radius 3 is 2.50 bits per heavy atom. The SMILES string of the molecule is Cc1noc(-c2ccc(C3CCCCC3)cc2)c1CN. The maximum absolute atomic E-state index is 5.78. The fraction of sp³-hybridized carbons (Fsp3) is 0.471. The molecule has 1 aliphatic rings. The first-order valence-corrected chi connectivity index (χ1v) is 7.55. The topological polar surface area (TPSA) is 52.0 Å². The standard InChI is InChI=1S/C17H22N2O/c1-12-16(11-18)17(20-19-12)15-9-7-14(8-10-15)13-5-3-2-4-6-13/h7-10,13H,2-6,11,18H2,1H3. The Balaban J connectivity index is 1.85. The van der Waals surface area contributed by atoms with Crippen LogP contribution < -0.4 is 5.73 Å². The molecule has 1 aromatic carbocycles. The number of nitrogens with zero attached hydrogens (tertiary/aromatic N) is 1. The third-order valence-electron chi connectivity index (χ3n) is 4.44. The Morgan fingerprint density at radius 2 is 1.85 bits per heavy atom. The summed E-state index contributed by atoms with van der Waals surface area (Å²) in [4.78, 5) is 0. The fourth-order valence-corrected chi connectivity index (χ4v) is 3.20. The van der Waals surface area contributed by atoms with E-state index in [1.165, 1.54) is 37.7 Å². The normalized spacial score (nSPS) is 16.5. The Labute approximate surface area is 120 Å². The zero-order valence-electron chi connectivity index (χ0n) is 12.1. The van der Waals surface area contributed by atoms with Gasteiger partial charge in [-0.2, -0.15) is 0 Å². The van der Waals surface area contributed by atoms with E-state index in [1.807, 2.05) is 6.92 Å². The number of hydrogen-bond donors (Lipinski definition) is 1. The van der Waals surface area contributed by atoms with Crippen LogP contribution in [0, 0.1) is 6.92 Å². The van der Waals surface area contributed by atoms with Gasteiger partial charge in [-0.3, -0.25) is 0 Å². The van der Waals surface area contributed by atoms with Gasteiger partial charge in [0.1, 0.15) is 0 Å². The van der Waals surface area contributed by atoms with E-state index in [2.05, 4.69) is 29.4 Å². The number of rotatable bonds is 3. The van der Waals surface area contributed by atoms with E-state index in [-0.39, 0.29) is 0 Å². The van der Waals surface area contributed by atoms with E-state index in [9.17, 15) is 0 Å². The molecule has 2 aromatic rings. The van der Waals surface area contributed by atoms with Gasteiger partial charge in [-0.15, -0.1) is 0 Å². The highest BCUT2D eigenvalue weighted by Crippen LogP contribution is 2.34. The van der Waals surface area contributed by atoms with Gasteiger partial charge in [0.15, 0.2) is 5.76 Å². The average molecular weight is 270 g/mol. The Hall–Kier alpha value is -1.61. The van der Waals surface area contributed by atoms with Gasteiger partial charge in [-0.25, -0.2) is 0 Å². The molecule has 3 heteroatoms. The third kappa shape index (κ3) is 2.50. The number of nitrogens with two attached hydrogens (primary N) is 1. The average Bonchev–Trinajstić information content (AvgIpc) is 2.89. The first-order valence-electron chi connectivity index (χ1n) is 7.55. The number of aromatic nitrogens is 1. The van der Waals surface area contributed by atoms with E-state index in [0.29, 0.717) is 6.54 Å². The van der Waals surface area contributed by atoms with Gasteiger partial charge in [0.25, 0.3) is 0 Å². The van der Waals surface area contributed by atoms with Crippen molar-refractivity contribution in [1.29, 1.82) is 0 Å². The molecule has 0 saturated heterocycles. The number of hydrogen-bond acceptors (Lipinski definition) is 3. The summed E-state index contributed by atoms with van der Waals surface area (Å²) in [5.74, 6) is 1.56. The number of aryl methyl sites for hydroxylation is 1. The molecule has 0 radical (unpaired) electrons. The van der Waals surface area contributed by atoms with E-state index >= 15 is 0 Å². The second-order valence-electron chi connectivity index (χ2n) is 5.74. The van der Waals surface area contributed by atoms with Crippen LogP contribution in [0.15, 0.2) is 28.8 Å². The molecule has 3 nitrogen and oxygen atoms in total. The van der Waals surface area contributed by atoms with Gasteiger partial charge < -0.3 is 10.3 Å². The minimum atomic E-state index is 0.467. The molecule has 106 valence electrons. The second kappa shape index (κ2) is 5.80. The highest BCUT2D eigenvalue weighted by atomic mass is 16.5. The molecular weight excluding hydrogens is 248 g/mol. The van der Waals surface area contributed by atoms with Crippen LogP contribution in [0.5, 0.6) is 0 Å². The van der Waals surface area contributed by atoms with Gasteiger partial charge in [-0.1, -0.05) is 48.7 Å². The van der Waals surface area contributed by atoms with Crippen molar-refractivity contribution in [3.8, 4) is 11.3 Å². The molecule has 1 aromatic heterocycles. The summed E-state index contributed by atoms with van der Waals surface area (Å²) in [5.41, 5.74) is 10.2. The maximum atomic E-state index is 5.78.